The third kappa shape index (κ3) is 3.93. The monoisotopic (exact) mass is 364 g/mol. The number of aromatic nitrogens is 3. The van der Waals surface area contributed by atoms with Crippen molar-refractivity contribution in [2.75, 3.05) is 11.1 Å². The number of carbonyl (C=O) groups excluding carboxylic acids is 1. The minimum atomic E-state index is -0.0963. The number of thiazole rings is 1. The summed E-state index contributed by atoms with van der Waals surface area (Å²) in [6.07, 6.45) is 3.45. The maximum atomic E-state index is 11.9. The average Bonchev–Trinajstić information content (AvgIpc) is 3.16. The molecule has 0 bridgehead atoms. The smallest absolute Gasteiger partial charge is 0.236 e. The summed E-state index contributed by atoms with van der Waals surface area (Å²) in [5, 5.41) is 6.66. The summed E-state index contributed by atoms with van der Waals surface area (Å²) >= 11 is 8.69. The van der Waals surface area contributed by atoms with Gasteiger partial charge in [-0.25, -0.2) is 9.97 Å². The number of hydrogen-bond donors (Lipinski definition) is 1. The van der Waals surface area contributed by atoms with Crippen LogP contribution in [0, 0.1) is 0 Å². The van der Waals surface area contributed by atoms with E-state index in [4.69, 9.17) is 11.6 Å². The fourth-order valence-corrected chi connectivity index (χ4v) is 3.41. The van der Waals surface area contributed by atoms with E-state index >= 15 is 0 Å². The van der Waals surface area contributed by atoms with Gasteiger partial charge < -0.3 is 9.88 Å². The number of hydrogen-bond acceptors (Lipinski definition) is 5. The first kappa shape index (κ1) is 16.0. The lowest BCUT2D eigenvalue weighted by molar-refractivity contribution is -0.113. The molecule has 2 aromatic heterocycles. The van der Waals surface area contributed by atoms with Gasteiger partial charge in [-0.1, -0.05) is 35.5 Å². The van der Waals surface area contributed by atoms with Gasteiger partial charge in [-0.2, -0.15) is 0 Å². The lowest BCUT2D eigenvalue weighted by Crippen LogP contribution is -2.14. The first-order valence-corrected chi connectivity index (χ1v) is 8.97. The zero-order valence-electron chi connectivity index (χ0n) is 12.2. The summed E-state index contributed by atoms with van der Waals surface area (Å²) < 4.78 is 1.96. The Bertz CT molecular complexity index is 800. The molecule has 0 unspecified atom stereocenters. The van der Waals surface area contributed by atoms with E-state index < -0.39 is 0 Å². The highest BCUT2D eigenvalue weighted by atomic mass is 35.5. The van der Waals surface area contributed by atoms with Gasteiger partial charge in [0.1, 0.15) is 0 Å². The van der Waals surface area contributed by atoms with Crippen LogP contribution < -0.4 is 5.32 Å². The molecule has 0 saturated heterocycles. The summed E-state index contributed by atoms with van der Waals surface area (Å²) in [7, 11) is 1.93. The van der Waals surface area contributed by atoms with Crippen LogP contribution in [0.1, 0.15) is 0 Å². The predicted octanol–water partition coefficient (Wildman–Crippen LogP) is 3.93. The highest BCUT2D eigenvalue weighted by Gasteiger charge is 2.11. The van der Waals surface area contributed by atoms with Gasteiger partial charge >= 0.3 is 0 Å². The molecule has 1 amide bonds. The van der Waals surface area contributed by atoms with Crippen molar-refractivity contribution in [3.05, 3.63) is 47.1 Å². The molecule has 1 aromatic carbocycles. The minimum absolute atomic E-state index is 0.0963. The predicted molar refractivity (Wildman–Crippen MR) is 95.1 cm³/mol. The zero-order chi connectivity index (χ0) is 16.2. The second-order valence-corrected chi connectivity index (χ2v) is 6.94. The molecule has 118 valence electrons. The van der Waals surface area contributed by atoms with Crippen molar-refractivity contribution in [1.82, 2.24) is 14.5 Å². The van der Waals surface area contributed by atoms with Crippen molar-refractivity contribution in [3.63, 3.8) is 0 Å². The number of benzene rings is 1. The largest absolute Gasteiger partial charge is 0.322 e. The van der Waals surface area contributed by atoms with E-state index in [1.807, 2.05) is 41.3 Å². The molecule has 3 aromatic rings. The van der Waals surface area contributed by atoms with E-state index in [0.29, 0.717) is 10.2 Å². The van der Waals surface area contributed by atoms with E-state index in [9.17, 15) is 4.79 Å². The Morgan fingerprint density at radius 1 is 1.35 bits per heavy atom. The molecule has 1 N–H and O–H groups in total. The summed E-state index contributed by atoms with van der Waals surface area (Å²) in [6.45, 7) is 0. The van der Waals surface area contributed by atoms with Gasteiger partial charge in [0.15, 0.2) is 10.3 Å². The second kappa shape index (κ2) is 7.16. The molecule has 0 radical (unpaired) electrons. The molecule has 5 nitrogen and oxygen atoms in total. The van der Waals surface area contributed by atoms with Crippen LogP contribution in [0.3, 0.4) is 0 Å². The maximum Gasteiger partial charge on any atom is 0.236 e. The van der Waals surface area contributed by atoms with Crippen LogP contribution in [0.25, 0.3) is 11.3 Å². The van der Waals surface area contributed by atoms with Crippen LogP contribution in [0.5, 0.6) is 0 Å². The molecule has 2 heterocycles. The Labute approximate surface area is 146 Å². The summed E-state index contributed by atoms with van der Waals surface area (Å²) in [5.74, 6) is 0.186. The molecule has 0 aliphatic rings. The normalized spacial score (nSPS) is 10.7. The Balaban J connectivity index is 1.65. The number of thioether (sulfide) groups is 1. The molecular formula is C15H13ClN4OS2. The van der Waals surface area contributed by atoms with Crippen LogP contribution in [-0.2, 0) is 11.8 Å². The Morgan fingerprint density at radius 2 is 2.13 bits per heavy atom. The number of imidazole rings is 1. The van der Waals surface area contributed by atoms with Gasteiger partial charge in [-0.05, 0) is 17.7 Å². The Morgan fingerprint density at radius 3 is 2.83 bits per heavy atom. The third-order valence-corrected chi connectivity index (χ3v) is 5.08. The average molecular weight is 365 g/mol. The van der Waals surface area contributed by atoms with Gasteiger partial charge in [0, 0.05) is 23.6 Å². The highest BCUT2D eigenvalue weighted by Crippen LogP contribution is 2.26. The number of rotatable bonds is 5. The highest BCUT2D eigenvalue weighted by molar-refractivity contribution is 7.99. The SMILES string of the molecule is Cn1c(-c2ccc(Cl)cc2)cnc1SCC(=O)Nc1nccs1. The van der Waals surface area contributed by atoms with E-state index in [1.165, 1.54) is 23.1 Å². The van der Waals surface area contributed by atoms with Gasteiger partial charge in [0.25, 0.3) is 0 Å². The van der Waals surface area contributed by atoms with E-state index in [0.717, 1.165) is 16.4 Å². The first-order chi connectivity index (χ1) is 11.1. The Hall–Kier alpha value is -1.83. The topological polar surface area (TPSA) is 59.8 Å². The fourth-order valence-electron chi connectivity index (χ4n) is 1.99. The lowest BCUT2D eigenvalue weighted by Gasteiger charge is -2.06. The van der Waals surface area contributed by atoms with Crippen molar-refractivity contribution >= 4 is 45.7 Å². The third-order valence-electron chi connectivity index (χ3n) is 3.10. The number of carbonyl (C=O) groups is 1. The van der Waals surface area contributed by atoms with Gasteiger partial charge in [0.2, 0.25) is 5.91 Å². The Kier molecular flexibility index (Phi) is 5.00. The number of amides is 1. The van der Waals surface area contributed by atoms with Crippen LogP contribution >= 0.6 is 34.7 Å². The standard InChI is InChI=1S/C15H13ClN4OS2/c1-20-12(10-2-4-11(16)5-3-10)8-18-15(20)23-9-13(21)19-14-17-6-7-22-14/h2-8H,9H2,1H3,(H,17,19,21). The molecule has 0 spiro atoms. The molecule has 0 atom stereocenters. The first-order valence-electron chi connectivity index (χ1n) is 6.73. The van der Waals surface area contributed by atoms with E-state index in [-0.39, 0.29) is 11.7 Å². The van der Waals surface area contributed by atoms with Crippen molar-refractivity contribution in [2.24, 2.45) is 7.05 Å². The molecule has 0 aliphatic heterocycles. The number of nitrogens with one attached hydrogen (secondary N) is 1. The molecule has 0 saturated carbocycles. The molecule has 23 heavy (non-hydrogen) atoms. The van der Waals surface area contributed by atoms with Crippen LogP contribution in [-0.4, -0.2) is 26.2 Å². The molecule has 3 rings (SSSR count). The molecule has 0 fully saturated rings. The summed E-state index contributed by atoms with van der Waals surface area (Å²) in [5.41, 5.74) is 2.01. The fraction of sp³-hybridized carbons (Fsp3) is 0.133. The van der Waals surface area contributed by atoms with Gasteiger partial charge in [0.05, 0.1) is 17.6 Å². The summed E-state index contributed by atoms with van der Waals surface area (Å²) in [6, 6.07) is 7.59. The minimum Gasteiger partial charge on any atom is -0.322 e. The van der Waals surface area contributed by atoms with Gasteiger partial charge in [-0.3, -0.25) is 4.79 Å². The van der Waals surface area contributed by atoms with E-state index in [2.05, 4.69) is 15.3 Å². The van der Waals surface area contributed by atoms with Crippen molar-refractivity contribution < 1.29 is 4.79 Å². The van der Waals surface area contributed by atoms with Crippen LogP contribution in [0.15, 0.2) is 47.2 Å². The number of halogens is 1. The van der Waals surface area contributed by atoms with Crippen LogP contribution in [0.2, 0.25) is 5.02 Å². The second-order valence-electron chi connectivity index (χ2n) is 4.67. The lowest BCUT2D eigenvalue weighted by atomic mass is 10.2. The number of anilines is 1. The quantitative estimate of drug-likeness (QED) is 0.697. The molecular weight excluding hydrogens is 352 g/mol. The van der Waals surface area contributed by atoms with Crippen molar-refractivity contribution in [3.8, 4) is 11.3 Å². The maximum absolute atomic E-state index is 11.9. The van der Waals surface area contributed by atoms with E-state index in [1.54, 1.807) is 12.4 Å². The van der Waals surface area contributed by atoms with Crippen LogP contribution in [0.4, 0.5) is 5.13 Å². The van der Waals surface area contributed by atoms with Crippen molar-refractivity contribution in [2.45, 2.75) is 5.16 Å². The number of nitrogens with zero attached hydrogens (tertiary/aromatic N) is 3. The summed E-state index contributed by atoms with van der Waals surface area (Å²) in [4.78, 5) is 20.3. The van der Waals surface area contributed by atoms with Gasteiger partial charge in [-0.15, -0.1) is 11.3 Å². The molecule has 8 heteroatoms. The molecule has 0 aliphatic carbocycles. The zero-order valence-corrected chi connectivity index (χ0v) is 14.6. The van der Waals surface area contributed by atoms with Crippen molar-refractivity contribution in [1.29, 1.82) is 0 Å².